The van der Waals surface area contributed by atoms with Crippen LogP contribution in [0.15, 0.2) is 35.4 Å². The highest BCUT2D eigenvalue weighted by atomic mass is 32.2. The standard InChI is InChI=1S/C12H13N3O3S/c1-8-7-14-12(13)15-11(8)18-9-4-3-5-10(6-9)19(2,16)17/h3-7H,1-2H3,(H2,13,14,15). The molecular weight excluding hydrogens is 266 g/mol. The van der Waals surface area contributed by atoms with Crippen molar-refractivity contribution in [3.63, 3.8) is 0 Å². The number of nitrogen functional groups attached to an aromatic ring is 1. The maximum Gasteiger partial charge on any atom is 0.226 e. The first kappa shape index (κ1) is 13.3. The second kappa shape index (κ2) is 4.85. The van der Waals surface area contributed by atoms with Crippen molar-refractivity contribution >= 4 is 15.8 Å². The minimum Gasteiger partial charge on any atom is -0.439 e. The molecule has 0 aliphatic rings. The van der Waals surface area contributed by atoms with E-state index >= 15 is 0 Å². The molecule has 2 rings (SSSR count). The lowest BCUT2D eigenvalue weighted by Crippen LogP contribution is -2.00. The van der Waals surface area contributed by atoms with Gasteiger partial charge in [-0.15, -0.1) is 0 Å². The molecule has 0 radical (unpaired) electrons. The van der Waals surface area contributed by atoms with Gasteiger partial charge < -0.3 is 10.5 Å². The lowest BCUT2D eigenvalue weighted by Gasteiger charge is -2.08. The van der Waals surface area contributed by atoms with Gasteiger partial charge in [-0.1, -0.05) is 6.07 Å². The van der Waals surface area contributed by atoms with Crippen molar-refractivity contribution in [3.8, 4) is 11.6 Å². The quantitative estimate of drug-likeness (QED) is 0.916. The van der Waals surface area contributed by atoms with Crippen LogP contribution in [0.1, 0.15) is 5.56 Å². The molecule has 6 nitrogen and oxygen atoms in total. The molecular formula is C12H13N3O3S. The maximum absolute atomic E-state index is 11.5. The molecule has 1 aromatic heterocycles. The van der Waals surface area contributed by atoms with Gasteiger partial charge in [0.2, 0.25) is 11.8 Å². The number of aromatic nitrogens is 2. The fourth-order valence-corrected chi connectivity index (χ4v) is 2.08. The monoisotopic (exact) mass is 279 g/mol. The first-order valence-electron chi connectivity index (χ1n) is 5.43. The molecule has 19 heavy (non-hydrogen) atoms. The SMILES string of the molecule is Cc1cnc(N)nc1Oc1cccc(S(C)(=O)=O)c1. The Kier molecular flexibility index (Phi) is 3.39. The van der Waals surface area contributed by atoms with Gasteiger partial charge in [0.05, 0.1) is 4.90 Å². The van der Waals surface area contributed by atoms with Gasteiger partial charge in [-0.25, -0.2) is 13.4 Å². The molecule has 0 amide bonds. The lowest BCUT2D eigenvalue weighted by atomic mass is 10.3. The zero-order valence-corrected chi connectivity index (χ0v) is 11.3. The third kappa shape index (κ3) is 3.19. The van der Waals surface area contributed by atoms with Crippen molar-refractivity contribution in [3.05, 3.63) is 36.0 Å². The molecule has 2 aromatic rings. The molecule has 0 bridgehead atoms. The first-order valence-corrected chi connectivity index (χ1v) is 7.32. The van der Waals surface area contributed by atoms with Crippen molar-refractivity contribution < 1.29 is 13.2 Å². The van der Waals surface area contributed by atoms with Crippen LogP contribution >= 0.6 is 0 Å². The summed E-state index contributed by atoms with van der Waals surface area (Å²) in [6.07, 6.45) is 2.68. The molecule has 0 unspecified atom stereocenters. The van der Waals surface area contributed by atoms with Crippen LogP contribution in [0.25, 0.3) is 0 Å². The largest absolute Gasteiger partial charge is 0.439 e. The Morgan fingerprint density at radius 3 is 2.74 bits per heavy atom. The third-order valence-corrected chi connectivity index (χ3v) is 3.50. The van der Waals surface area contributed by atoms with Crippen LogP contribution in [-0.2, 0) is 9.84 Å². The molecule has 7 heteroatoms. The average molecular weight is 279 g/mol. The summed E-state index contributed by atoms with van der Waals surface area (Å²) >= 11 is 0. The number of aryl methyl sites for hydroxylation is 1. The Hall–Kier alpha value is -2.15. The van der Waals surface area contributed by atoms with Crippen LogP contribution in [0.3, 0.4) is 0 Å². The van der Waals surface area contributed by atoms with E-state index in [4.69, 9.17) is 10.5 Å². The Morgan fingerprint density at radius 2 is 2.05 bits per heavy atom. The van der Waals surface area contributed by atoms with Gasteiger partial charge >= 0.3 is 0 Å². The molecule has 0 fully saturated rings. The summed E-state index contributed by atoms with van der Waals surface area (Å²) in [4.78, 5) is 7.97. The highest BCUT2D eigenvalue weighted by Crippen LogP contribution is 2.24. The summed E-state index contributed by atoms with van der Waals surface area (Å²) in [6, 6.07) is 6.19. The molecule has 100 valence electrons. The van der Waals surface area contributed by atoms with E-state index in [9.17, 15) is 8.42 Å². The molecule has 0 saturated carbocycles. The van der Waals surface area contributed by atoms with Gasteiger partial charge in [-0.05, 0) is 25.1 Å². The Labute approximate surface area is 111 Å². The van der Waals surface area contributed by atoms with Crippen LogP contribution in [0.5, 0.6) is 11.6 Å². The molecule has 0 saturated heterocycles. The van der Waals surface area contributed by atoms with Gasteiger partial charge in [0, 0.05) is 18.0 Å². The van der Waals surface area contributed by atoms with Crippen LogP contribution in [-0.4, -0.2) is 24.6 Å². The molecule has 2 N–H and O–H groups in total. The van der Waals surface area contributed by atoms with E-state index in [-0.39, 0.29) is 10.8 Å². The predicted molar refractivity (Wildman–Crippen MR) is 70.8 cm³/mol. The zero-order chi connectivity index (χ0) is 14.0. The van der Waals surface area contributed by atoms with Gasteiger partial charge in [-0.3, -0.25) is 0 Å². The number of hydrogen-bond donors (Lipinski definition) is 1. The summed E-state index contributed by atoms with van der Waals surface area (Å²) in [5, 5.41) is 0. The van der Waals surface area contributed by atoms with Gasteiger partial charge in [0.25, 0.3) is 0 Å². The van der Waals surface area contributed by atoms with E-state index in [1.165, 1.54) is 18.3 Å². The second-order valence-corrected chi connectivity index (χ2v) is 6.08. The fraction of sp³-hybridized carbons (Fsp3) is 0.167. The number of benzene rings is 1. The van der Waals surface area contributed by atoms with E-state index < -0.39 is 9.84 Å². The topological polar surface area (TPSA) is 95.2 Å². The Bertz CT molecular complexity index is 714. The summed E-state index contributed by atoms with van der Waals surface area (Å²) in [5.74, 6) is 0.780. The lowest BCUT2D eigenvalue weighted by molar-refractivity contribution is 0.457. The summed E-state index contributed by atoms with van der Waals surface area (Å²) < 4.78 is 28.4. The minimum absolute atomic E-state index is 0.0971. The molecule has 0 atom stereocenters. The van der Waals surface area contributed by atoms with Crippen molar-refractivity contribution in [1.29, 1.82) is 0 Å². The van der Waals surface area contributed by atoms with E-state index in [0.29, 0.717) is 17.2 Å². The number of anilines is 1. The zero-order valence-electron chi connectivity index (χ0n) is 10.5. The van der Waals surface area contributed by atoms with Crippen molar-refractivity contribution in [2.45, 2.75) is 11.8 Å². The van der Waals surface area contributed by atoms with Gasteiger partial charge in [-0.2, -0.15) is 4.98 Å². The maximum atomic E-state index is 11.5. The summed E-state index contributed by atoms with van der Waals surface area (Å²) in [7, 11) is -3.27. The Balaban J connectivity index is 2.36. The average Bonchev–Trinajstić information content (AvgIpc) is 2.33. The van der Waals surface area contributed by atoms with Crippen molar-refractivity contribution in [2.24, 2.45) is 0 Å². The van der Waals surface area contributed by atoms with Gasteiger partial charge in [0.1, 0.15) is 5.75 Å². The number of sulfone groups is 1. The highest BCUT2D eigenvalue weighted by molar-refractivity contribution is 7.90. The number of rotatable bonds is 3. The molecule has 0 spiro atoms. The van der Waals surface area contributed by atoms with Crippen LogP contribution in [0.4, 0.5) is 5.95 Å². The van der Waals surface area contributed by atoms with Gasteiger partial charge in [0.15, 0.2) is 9.84 Å². The molecule has 1 aromatic carbocycles. The summed E-state index contributed by atoms with van der Waals surface area (Å²) in [5.41, 5.74) is 6.19. The van der Waals surface area contributed by atoms with E-state index in [1.54, 1.807) is 19.1 Å². The van der Waals surface area contributed by atoms with E-state index in [2.05, 4.69) is 9.97 Å². The normalized spacial score (nSPS) is 11.3. The number of ether oxygens (including phenoxy) is 1. The fourth-order valence-electron chi connectivity index (χ4n) is 1.42. The Morgan fingerprint density at radius 1 is 1.32 bits per heavy atom. The van der Waals surface area contributed by atoms with Crippen molar-refractivity contribution in [2.75, 3.05) is 12.0 Å². The third-order valence-electron chi connectivity index (χ3n) is 2.39. The second-order valence-electron chi connectivity index (χ2n) is 4.07. The minimum atomic E-state index is -3.27. The number of nitrogens with zero attached hydrogens (tertiary/aromatic N) is 2. The van der Waals surface area contributed by atoms with Crippen LogP contribution in [0.2, 0.25) is 0 Å². The van der Waals surface area contributed by atoms with Crippen LogP contribution in [0, 0.1) is 6.92 Å². The smallest absolute Gasteiger partial charge is 0.226 e. The van der Waals surface area contributed by atoms with E-state index in [0.717, 1.165) is 6.26 Å². The van der Waals surface area contributed by atoms with Crippen molar-refractivity contribution in [1.82, 2.24) is 9.97 Å². The summed E-state index contributed by atoms with van der Waals surface area (Å²) in [6.45, 7) is 1.77. The highest BCUT2D eigenvalue weighted by Gasteiger charge is 2.10. The molecule has 0 aliphatic heterocycles. The number of nitrogens with two attached hydrogens (primary N) is 1. The number of hydrogen-bond acceptors (Lipinski definition) is 6. The molecule has 1 heterocycles. The first-order chi connectivity index (χ1) is 8.86. The predicted octanol–water partition coefficient (Wildman–Crippen LogP) is 1.56. The molecule has 0 aliphatic carbocycles. The van der Waals surface area contributed by atoms with Crippen LogP contribution < -0.4 is 10.5 Å². The van der Waals surface area contributed by atoms with E-state index in [1.807, 2.05) is 0 Å².